The molecule has 1 rings (SSSR count). The lowest BCUT2D eigenvalue weighted by atomic mass is 10.2. The summed E-state index contributed by atoms with van der Waals surface area (Å²) in [6, 6.07) is 1.49. The van der Waals surface area contributed by atoms with Crippen molar-refractivity contribution in [3.8, 4) is 5.88 Å². The molecule has 0 aliphatic heterocycles. The molecule has 1 aromatic rings. The van der Waals surface area contributed by atoms with Crippen LogP contribution >= 0.6 is 11.6 Å². The molecule has 1 aromatic heterocycles. The molecular weight excluding hydrogens is 262 g/mol. The molecule has 0 N–H and O–H groups in total. The molecule has 0 fully saturated rings. The molecule has 0 spiro atoms. The van der Waals surface area contributed by atoms with Gasteiger partial charge in [0.1, 0.15) is 5.02 Å². The minimum Gasteiger partial charge on any atom is -0.470 e. The molecule has 0 aromatic carbocycles. The van der Waals surface area contributed by atoms with Gasteiger partial charge in [0.2, 0.25) is 5.88 Å². The maximum atomic E-state index is 12.6. The van der Waals surface area contributed by atoms with Crippen LogP contribution in [0.1, 0.15) is 12.5 Å². The number of nitrogens with zero attached hydrogens (tertiary/aromatic N) is 1. The normalized spacial score (nSPS) is 11.9. The van der Waals surface area contributed by atoms with Crippen LogP contribution in [0, 0.1) is 0 Å². The fraction of sp³-hybridized carbons (Fsp3) is 0.500. The molecule has 96 valence electrons. The molecule has 0 bridgehead atoms. The lowest BCUT2D eigenvalue weighted by Crippen LogP contribution is -2.33. The maximum Gasteiger partial charge on any atom is 0.340 e. The molecule has 0 saturated carbocycles. The van der Waals surface area contributed by atoms with Crippen molar-refractivity contribution in [2.24, 2.45) is 0 Å². The van der Waals surface area contributed by atoms with Crippen LogP contribution in [-0.4, -0.2) is 23.9 Å². The van der Waals surface area contributed by atoms with Crippen LogP contribution < -0.4 is 4.74 Å². The van der Waals surface area contributed by atoms with E-state index in [1.807, 2.05) is 6.92 Å². The first-order chi connectivity index (χ1) is 7.86. The highest BCUT2D eigenvalue weighted by atomic mass is 35.5. The number of aromatic nitrogens is 1. The number of pyridine rings is 1. The zero-order valence-corrected chi connectivity index (χ0v) is 9.65. The van der Waals surface area contributed by atoms with Gasteiger partial charge in [0.05, 0.1) is 0 Å². The number of hydrogen-bond donors (Lipinski definition) is 0. The maximum absolute atomic E-state index is 12.6. The zero-order chi connectivity index (χ0) is 13.1. The Morgan fingerprint density at radius 3 is 2.59 bits per heavy atom. The Bertz CT molecular complexity index is 387. The van der Waals surface area contributed by atoms with E-state index in [0.29, 0.717) is 6.42 Å². The SMILES string of the molecule is CCc1cnc(OCC(F)(F)C(F)F)c(Cl)c1. The zero-order valence-electron chi connectivity index (χ0n) is 8.89. The third kappa shape index (κ3) is 3.73. The highest BCUT2D eigenvalue weighted by molar-refractivity contribution is 6.31. The van der Waals surface area contributed by atoms with Gasteiger partial charge in [-0.15, -0.1) is 0 Å². The van der Waals surface area contributed by atoms with Gasteiger partial charge >= 0.3 is 12.3 Å². The number of halogens is 5. The summed E-state index contributed by atoms with van der Waals surface area (Å²) < 4.78 is 53.3. The summed E-state index contributed by atoms with van der Waals surface area (Å²) in [5.41, 5.74) is 0.794. The van der Waals surface area contributed by atoms with Crippen molar-refractivity contribution in [3.05, 3.63) is 22.8 Å². The monoisotopic (exact) mass is 271 g/mol. The standard InChI is InChI=1S/C10H10ClF4NO/c1-2-6-3-7(11)8(16-4-6)17-5-10(14,15)9(12)13/h3-4,9H,2,5H2,1H3. The summed E-state index contributed by atoms with van der Waals surface area (Å²) in [6.07, 6.45) is -1.72. The highest BCUT2D eigenvalue weighted by Gasteiger charge is 2.42. The van der Waals surface area contributed by atoms with E-state index in [4.69, 9.17) is 11.6 Å². The van der Waals surface area contributed by atoms with E-state index in [2.05, 4.69) is 9.72 Å². The second kappa shape index (κ2) is 5.53. The fourth-order valence-electron chi connectivity index (χ4n) is 0.992. The molecular formula is C10H10ClF4NO. The molecule has 0 unspecified atom stereocenters. The van der Waals surface area contributed by atoms with Crippen LogP contribution in [0.4, 0.5) is 17.6 Å². The smallest absolute Gasteiger partial charge is 0.340 e. The second-order valence-corrected chi connectivity index (χ2v) is 3.74. The van der Waals surface area contributed by atoms with Crippen LogP contribution in [0.15, 0.2) is 12.3 Å². The van der Waals surface area contributed by atoms with E-state index < -0.39 is 19.0 Å². The number of hydrogen-bond acceptors (Lipinski definition) is 2. The third-order valence-corrected chi connectivity index (χ3v) is 2.26. The first kappa shape index (κ1) is 14.0. The minimum atomic E-state index is -4.21. The van der Waals surface area contributed by atoms with E-state index in [1.165, 1.54) is 12.3 Å². The first-order valence-corrected chi connectivity index (χ1v) is 5.17. The van der Waals surface area contributed by atoms with Crippen molar-refractivity contribution in [1.82, 2.24) is 4.98 Å². The van der Waals surface area contributed by atoms with Gasteiger partial charge in [0.15, 0.2) is 6.61 Å². The van der Waals surface area contributed by atoms with Crippen molar-refractivity contribution in [2.45, 2.75) is 25.7 Å². The Balaban J connectivity index is 2.70. The molecule has 2 nitrogen and oxygen atoms in total. The van der Waals surface area contributed by atoms with Crippen molar-refractivity contribution < 1.29 is 22.3 Å². The summed E-state index contributed by atoms with van der Waals surface area (Å²) in [4.78, 5) is 3.68. The quantitative estimate of drug-likeness (QED) is 0.764. The van der Waals surface area contributed by atoms with Crippen molar-refractivity contribution >= 4 is 11.6 Å². The van der Waals surface area contributed by atoms with Gasteiger partial charge in [-0.2, -0.15) is 8.78 Å². The number of alkyl halides is 4. The highest BCUT2D eigenvalue weighted by Crippen LogP contribution is 2.27. The van der Waals surface area contributed by atoms with E-state index in [9.17, 15) is 17.6 Å². The van der Waals surface area contributed by atoms with Crippen molar-refractivity contribution in [2.75, 3.05) is 6.61 Å². The molecule has 1 heterocycles. The number of aryl methyl sites for hydroxylation is 1. The van der Waals surface area contributed by atoms with E-state index in [1.54, 1.807) is 0 Å². The average Bonchev–Trinajstić information content (AvgIpc) is 2.27. The first-order valence-electron chi connectivity index (χ1n) is 4.80. The Morgan fingerprint density at radius 2 is 2.12 bits per heavy atom. The Kier molecular flexibility index (Phi) is 4.56. The summed E-state index contributed by atoms with van der Waals surface area (Å²) in [5.74, 6) is -4.49. The van der Waals surface area contributed by atoms with Gasteiger partial charge in [0.25, 0.3) is 0 Å². The van der Waals surface area contributed by atoms with Gasteiger partial charge in [-0.1, -0.05) is 18.5 Å². The van der Waals surface area contributed by atoms with Gasteiger partial charge in [-0.25, -0.2) is 13.8 Å². The molecule has 0 radical (unpaired) electrons. The average molecular weight is 272 g/mol. The van der Waals surface area contributed by atoms with Gasteiger partial charge in [-0.05, 0) is 18.1 Å². The van der Waals surface area contributed by atoms with Gasteiger partial charge < -0.3 is 4.74 Å². The summed E-state index contributed by atoms with van der Waals surface area (Å²) in [7, 11) is 0. The van der Waals surface area contributed by atoms with Crippen molar-refractivity contribution in [1.29, 1.82) is 0 Å². The van der Waals surface area contributed by atoms with Crippen molar-refractivity contribution in [3.63, 3.8) is 0 Å². The van der Waals surface area contributed by atoms with Gasteiger partial charge in [-0.3, -0.25) is 0 Å². The van der Waals surface area contributed by atoms with Crippen LogP contribution in [0.5, 0.6) is 5.88 Å². The summed E-state index contributed by atoms with van der Waals surface area (Å²) in [6.45, 7) is 0.404. The Hall–Kier alpha value is -1.04. The lowest BCUT2D eigenvalue weighted by molar-refractivity contribution is -0.148. The fourth-order valence-corrected chi connectivity index (χ4v) is 1.24. The largest absolute Gasteiger partial charge is 0.470 e. The Morgan fingerprint density at radius 1 is 1.47 bits per heavy atom. The number of rotatable bonds is 5. The molecule has 0 amide bonds. The van der Waals surface area contributed by atoms with Crippen LogP contribution in [0.3, 0.4) is 0 Å². The van der Waals surface area contributed by atoms with Crippen LogP contribution in [0.2, 0.25) is 5.02 Å². The van der Waals surface area contributed by atoms with E-state index in [-0.39, 0.29) is 10.9 Å². The molecule has 0 aliphatic carbocycles. The predicted molar refractivity (Wildman–Crippen MR) is 55.1 cm³/mol. The summed E-state index contributed by atoms with van der Waals surface area (Å²) in [5, 5.41) is 0.0226. The molecule has 0 saturated heterocycles. The van der Waals surface area contributed by atoms with Crippen LogP contribution in [0.25, 0.3) is 0 Å². The minimum absolute atomic E-state index is 0.0226. The van der Waals surface area contributed by atoms with Crippen LogP contribution in [-0.2, 0) is 6.42 Å². The van der Waals surface area contributed by atoms with Gasteiger partial charge in [0, 0.05) is 6.20 Å². The second-order valence-electron chi connectivity index (χ2n) is 3.33. The predicted octanol–water partition coefficient (Wildman–Crippen LogP) is 3.58. The summed E-state index contributed by atoms with van der Waals surface area (Å²) >= 11 is 5.70. The van der Waals surface area contributed by atoms with E-state index in [0.717, 1.165) is 5.56 Å². The third-order valence-electron chi connectivity index (χ3n) is 1.99. The molecule has 17 heavy (non-hydrogen) atoms. The topological polar surface area (TPSA) is 22.1 Å². The molecule has 0 atom stereocenters. The number of ether oxygens (including phenoxy) is 1. The Labute approximate surface area is 101 Å². The lowest BCUT2D eigenvalue weighted by Gasteiger charge is -2.16. The molecule has 7 heteroatoms. The van der Waals surface area contributed by atoms with E-state index >= 15 is 0 Å². The molecule has 0 aliphatic rings.